The van der Waals surface area contributed by atoms with Gasteiger partial charge in [-0.2, -0.15) is 0 Å². The van der Waals surface area contributed by atoms with Crippen LogP contribution in [0.15, 0.2) is 48.7 Å². The Bertz CT molecular complexity index is 646. The Hall–Kier alpha value is -2.09. The summed E-state index contributed by atoms with van der Waals surface area (Å²) in [6.45, 7) is 0. The largest absolute Gasteiger partial charge is 0.507 e. The maximum atomic E-state index is 9.69. The second-order valence-corrected chi connectivity index (χ2v) is 3.55. The van der Waals surface area contributed by atoms with E-state index in [0.29, 0.717) is 0 Å². The van der Waals surface area contributed by atoms with E-state index in [1.54, 1.807) is 12.3 Å². The molecule has 1 N–H and O–H groups in total. The lowest BCUT2D eigenvalue weighted by Crippen LogP contribution is -1.80. The molecule has 2 nitrogen and oxygen atoms in total. The van der Waals surface area contributed by atoms with Crippen molar-refractivity contribution in [3.63, 3.8) is 0 Å². The van der Waals surface area contributed by atoms with Crippen molar-refractivity contribution in [1.29, 1.82) is 0 Å². The van der Waals surface area contributed by atoms with Gasteiger partial charge in [-0.25, -0.2) is 0 Å². The summed E-state index contributed by atoms with van der Waals surface area (Å²) in [6.07, 6.45) is 1.62. The van der Waals surface area contributed by atoms with Gasteiger partial charge in [0.1, 0.15) is 5.75 Å². The summed E-state index contributed by atoms with van der Waals surface area (Å²) in [5, 5.41) is 12.8. The maximum Gasteiger partial charge on any atom is 0.126 e. The predicted molar refractivity (Wildman–Crippen MR) is 60.9 cm³/mol. The Balaban J connectivity index is 2.53. The van der Waals surface area contributed by atoms with E-state index < -0.39 is 0 Å². The normalized spacial score (nSPS) is 10.9. The number of hydrogen-bond donors (Lipinski definition) is 1. The number of benzene rings is 2. The summed E-state index contributed by atoms with van der Waals surface area (Å²) in [5.74, 6) is 0.283. The third-order valence-corrected chi connectivity index (χ3v) is 2.59. The summed E-state index contributed by atoms with van der Waals surface area (Å²) in [7, 11) is 0. The van der Waals surface area contributed by atoms with Crippen molar-refractivity contribution in [2.45, 2.75) is 0 Å². The minimum absolute atomic E-state index is 0.283. The molecular formula is C13H9NO. The molecule has 72 valence electrons. The molecular weight excluding hydrogens is 186 g/mol. The Labute approximate surface area is 86.8 Å². The molecule has 0 unspecified atom stereocenters. The molecule has 0 aliphatic carbocycles. The minimum atomic E-state index is 0.283. The van der Waals surface area contributed by atoms with Crippen LogP contribution in [0.3, 0.4) is 0 Å². The third-order valence-electron chi connectivity index (χ3n) is 2.59. The highest BCUT2D eigenvalue weighted by Gasteiger charge is 2.01. The zero-order valence-electron chi connectivity index (χ0n) is 8.01. The Morgan fingerprint density at radius 3 is 2.47 bits per heavy atom. The molecule has 0 radical (unpaired) electrons. The Morgan fingerprint density at radius 2 is 1.67 bits per heavy atom. The van der Waals surface area contributed by atoms with Crippen LogP contribution in [0.1, 0.15) is 0 Å². The average Bonchev–Trinajstić information content (AvgIpc) is 2.27. The first kappa shape index (κ1) is 8.24. The molecule has 0 bridgehead atoms. The van der Waals surface area contributed by atoms with Crippen molar-refractivity contribution in [2.75, 3.05) is 0 Å². The van der Waals surface area contributed by atoms with Crippen LogP contribution in [-0.4, -0.2) is 10.1 Å². The summed E-state index contributed by atoms with van der Waals surface area (Å²) in [5.41, 5.74) is 0.828. The van der Waals surface area contributed by atoms with Gasteiger partial charge in [0.2, 0.25) is 0 Å². The average molecular weight is 195 g/mol. The number of rotatable bonds is 0. The van der Waals surface area contributed by atoms with Gasteiger partial charge in [-0.05, 0) is 29.0 Å². The molecule has 0 amide bonds. The molecule has 2 heteroatoms. The fourth-order valence-electron chi connectivity index (χ4n) is 1.82. The molecule has 0 atom stereocenters. The monoisotopic (exact) mass is 195 g/mol. The lowest BCUT2D eigenvalue weighted by molar-refractivity contribution is 0.481. The van der Waals surface area contributed by atoms with Crippen LogP contribution in [0.2, 0.25) is 0 Å². The van der Waals surface area contributed by atoms with Crippen LogP contribution in [0.25, 0.3) is 21.7 Å². The van der Waals surface area contributed by atoms with Gasteiger partial charge in [-0.1, -0.05) is 24.3 Å². The van der Waals surface area contributed by atoms with Crippen molar-refractivity contribution in [3.05, 3.63) is 48.7 Å². The first-order valence-corrected chi connectivity index (χ1v) is 4.81. The molecule has 0 spiro atoms. The fourth-order valence-corrected chi connectivity index (χ4v) is 1.82. The van der Waals surface area contributed by atoms with E-state index in [9.17, 15) is 5.11 Å². The highest BCUT2D eigenvalue weighted by molar-refractivity contribution is 5.98. The van der Waals surface area contributed by atoms with E-state index in [1.807, 2.05) is 36.4 Å². The zero-order chi connectivity index (χ0) is 10.3. The van der Waals surface area contributed by atoms with E-state index in [2.05, 4.69) is 4.98 Å². The molecule has 3 aromatic rings. The second-order valence-electron chi connectivity index (χ2n) is 3.55. The standard InChI is InChI=1S/C13H9NO/c15-13-5-6-14-12-8-10-4-2-1-3-9(10)7-11(12)13/h1-8H,(H,14,15). The molecule has 0 saturated carbocycles. The first-order valence-electron chi connectivity index (χ1n) is 4.81. The molecule has 0 aliphatic rings. The quantitative estimate of drug-likeness (QED) is 0.559. The number of aromatic hydroxyl groups is 1. The smallest absolute Gasteiger partial charge is 0.126 e. The summed E-state index contributed by atoms with van der Waals surface area (Å²) >= 11 is 0. The van der Waals surface area contributed by atoms with Crippen LogP contribution in [0, 0.1) is 0 Å². The molecule has 1 aromatic heterocycles. The molecule has 3 rings (SSSR count). The number of aromatic nitrogens is 1. The lowest BCUT2D eigenvalue weighted by atomic mass is 10.1. The summed E-state index contributed by atoms with van der Waals surface area (Å²) in [6, 6.07) is 13.6. The molecule has 0 fully saturated rings. The highest BCUT2D eigenvalue weighted by Crippen LogP contribution is 2.27. The fraction of sp³-hybridized carbons (Fsp3) is 0. The second kappa shape index (κ2) is 2.95. The summed E-state index contributed by atoms with van der Waals surface area (Å²) < 4.78 is 0. The van der Waals surface area contributed by atoms with Gasteiger partial charge >= 0.3 is 0 Å². The molecule has 0 saturated heterocycles. The van der Waals surface area contributed by atoms with Gasteiger partial charge in [0, 0.05) is 11.6 Å². The molecule has 15 heavy (non-hydrogen) atoms. The Kier molecular flexibility index (Phi) is 1.62. The van der Waals surface area contributed by atoms with Crippen LogP contribution >= 0.6 is 0 Å². The van der Waals surface area contributed by atoms with Gasteiger partial charge < -0.3 is 5.11 Å². The van der Waals surface area contributed by atoms with Crippen molar-refractivity contribution in [3.8, 4) is 5.75 Å². The molecule has 1 heterocycles. The Morgan fingerprint density at radius 1 is 0.933 bits per heavy atom. The minimum Gasteiger partial charge on any atom is -0.507 e. The maximum absolute atomic E-state index is 9.69. The highest BCUT2D eigenvalue weighted by atomic mass is 16.3. The van der Waals surface area contributed by atoms with Crippen molar-refractivity contribution >= 4 is 21.7 Å². The van der Waals surface area contributed by atoms with Gasteiger partial charge in [-0.3, -0.25) is 4.98 Å². The zero-order valence-corrected chi connectivity index (χ0v) is 8.01. The summed E-state index contributed by atoms with van der Waals surface area (Å²) in [4.78, 5) is 4.23. The third kappa shape index (κ3) is 1.22. The van der Waals surface area contributed by atoms with Crippen LogP contribution in [0.5, 0.6) is 5.75 Å². The van der Waals surface area contributed by atoms with Crippen molar-refractivity contribution in [1.82, 2.24) is 4.98 Å². The van der Waals surface area contributed by atoms with E-state index in [0.717, 1.165) is 21.7 Å². The van der Waals surface area contributed by atoms with Crippen LogP contribution in [0.4, 0.5) is 0 Å². The number of hydrogen-bond acceptors (Lipinski definition) is 2. The number of nitrogens with zero attached hydrogens (tertiary/aromatic N) is 1. The van der Waals surface area contributed by atoms with Crippen LogP contribution < -0.4 is 0 Å². The predicted octanol–water partition coefficient (Wildman–Crippen LogP) is 3.09. The topological polar surface area (TPSA) is 33.1 Å². The van der Waals surface area contributed by atoms with E-state index >= 15 is 0 Å². The first-order chi connectivity index (χ1) is 7.34. The van der Waals surface area contributed by atoms with Crippen molar-refractivity contribution in [2.24, 2.45) is 0 Å². The molecule has 2 aromatic carbocycles. The van der Waals surface area contributed by atoms with Gasteiger partial charge in [0.25, 0.3) is 0 Å². The van der Waals surface area contributed by atoms with Gasteiger partial charge in [-0.15, -0.1) is 0 Å². The molecule has 0 aliphatic heterocycles. The lowest BCUT2D eigenvalue weighted by Gasteiger charge is -2.02. The van der Waals surface area contributed by atoms with E-state index in [-0.39, 0.29) is 5.75 Å². The van der Waals surface area contributed by atoms with E-state index in [1.165, 1.54) is 0 Å². The van der Waals surface area contributed by atoms with Crippen LogP contribution in [-0.2, 0) is 0 Å². The van der Waals surface area contributed by atoms with Gasteiger partial charge in [0.15, 0.2) is 0 Å². The van der Waals surface area contributed by atoms with Crippen molar-refractivity contribution < 1.29 is 5.11 Å². The van der Waals surface area contributed by atoms with Gasteiger partial charge in [0.05, 0.1) is 5.52 Å². The number of fused-ring (bicyclic) bond motifs is 2. The van der Waals surface area contributed by atoms with E-state index in [4.69, 9.17) is 0 Å². The number of pyridine rings is 1. The SMILES string of the molecule is Oc1ccnc2cc3ccccc3cc12.